The minimum Gasteiger partial charge on any atom is -0.272 e. The molecular weight excluding hydrogens is 432 g/mol. The number of carbonyl (C=O) groups is 1. The summed E-state index contributed by atoms with van der Waals surface area (Å²) in [6.07, 6.45) is 5.17. The van der Waals surface area contributed by atoms with Gasteiger partial charge < -0.3 is 0 Å². The van der Waals surface area contributed by atoms with Crippen molar-refractivity contribution < 1.29 is 4.79 Å². The van der Waals surface area contributed by atoms with Gasteiger partial charge in [0.15, 0.2) is 5.16 Å². The van der Waals surface area contributed by atoms with Gasteiger partial charge >= 0.3 is 0 Å². The van der Waals surface area contributed by atoms with Gasteiger partial charge in [0.2, 0.25) is 0 Å². The van der Waals surface area contributed by atoms with Gasteiger partial charge in [0, 0.05) is 6.21 Å². The Morgan fingerprint density at radius 1 is 1.03 bits per heavy atom. The highest BCUT2D eigenvalue weighted by molar-refractivity contribution is 7.99. The highest BCUT2D eigenvalue weighted by atomic mass is 32.2. The van der Waals surface area contributed by atoms with Crippen molar-refractivity contribution in [1.82, 2.24) is 15.0 Å². The SMILES string of the molecule is Cc1ccccc1-n1c(SCC(=O)N/N=C/C=C/c2ccccc2)nc2ccccc2c1=O. The Bertz CT molecular complexity index is 1390. The zero-order valence-electron chi connectivity index (χ0n) is 18.0. The Kier molecular flexibility index (Phi) is 7.12. The summed E-state index contributed by atoms with van der Waals surface area (Å²) in [5.74, 6) is -0.223. The lowest BCUT2D eigenvalue weighted by molar-refractivity contribution is -0.118. The maximum atomic E-state index is 13.3. The van der Waals surface area contributed by atoms with E-state index in [0.717, 1.165) is 16.8 Å². The molecule has 0 aliphatic carbocycles. The number of allylic oxidation sites excluding steroid dienone is 1. The standard InChI is InChI=1S/C26H22N4O2S/c1-19-10-5-8-16-23(19)30-25(32)21-14-6-7-15-22(21)28-26(30)33-18-24(31)29-27-17-9-13-20-11-3-2-4-12-20/h2-17H,18H2,1H3,(H,29,31)/b13-9+,27-17+. The molecule has 0 spiro atoms. The van der Waals surface area contributed by atoms with Gasteiger partial charge in [0.05, 0.1) is 22.3 Å². The topological polar surface area (TPSA) is 76.3 Å². The predicted octanol–water partition coefficient (Wildman–Crippen LogP) is 4.60. The fraction of sp³-hybridized carbons (Fsp3) is 0.0769. The van der Waals surface area contributed by atoms with Gasteiger partial charge in [-0.15, -0.1) is 0 Å². The first-order valence-electron chi connectivity index (χ1n) is 10.4. The zero-order chi connectivity index (χ0) is 23.0. The summed E-state index contributed by atoms with van der Waals surface area (Å²) in [6.45, 7) is 1.94. The molecule has 1 N–H and O–H groups in total. The molecule has 0 bridgehead atoms. The third-order valence-corrected chi connectivity index (χ3v) is 5.81. The van der Waals surface area contributed by atoms with E-state index in [1.165, 1.54) is 18.0 Å². The lowest BCUT2D eigenvalue weighted by atomic mass is 10.2. The first-order valence-corrected chi connectivity index (χ1v) is 11.4. The van der Waals surface area contributed by atoms with Crippen LogP contribution < -0.4 is 11.0 Å². The summed E-state index contributed by atoms with van der Waals surface area (Å²) in [5.41, 5.74) is 5.67. The molecule has 0 aliphatic heterocycles. The number of rotatable bonds is 7. The molecule has 0 radical (unpaired) electrons. The van der Waals surface area contributed by atoms with Crippen molar-refractivity contribution in [3.63, 3.8) is 0 Å². The Morgan fingerprint density at radius 3 is 2.58 bits per heavy atom. The number of fused-ring (bicyclic) bond motifs is 1. The molecule has 0 aliphatic rings. The predicted molar refractivity (Wildman–Crippen MR) is 135 cm³/mol. The number of aryl methyl sites for hydroxylation is 1. The van der Waals surface area contributed by atoms with Gasteiger partial charge in [-0.25, -0.2) is 10.4 Å². The maximum Gasteiger partial charge on any atom is 0.266 e. The van der Waals surface area contributed by atoms with E-state index in [0.29, 0.717) is 16.1 Å². The van der Waals surface area contributed by atoms with Gasteiger partial charge in [-0.3, -0.25) is 14.2 Å². The van der Waals surface area contributed by atoms with Crippen LogP contribution in [0.25, 0.3) is 22.7 Å². The molecule has 1 heterocycles. The first kappa shape index (κ1) is 22.2. The summed E-state index contributed by atoms with van der Waals surface area (Å²) in [6, 6.07) is 24.6. The van der Waals surface area contributed by atoms with E-state index in [1.807, 2.05) is 79.7 Å². The average Bonchev–Trinajstić information content (AvgIpc) is 2.84. The van der Waals surface area contributed by atoms with Crippen molar-refractivity contribution in [2.24, 2.45) is 5.10 Å². The van der Waals surface area contributed by atoms with Gasteiger partial charge in [0.1, 0.15) is 0 Å². The third-order valence-electron chi connectivity index (χ3n) is 4.87. The number of para-hydroxylation sites is 2. The number of hydrogen-bond acceptors (Lipinski definition) is 5. The second-order valence-electron chi connectivity index (χ2n) is 7.21. The van der Waals surface area contributed by atoms with Gasteiger partial charge in [-0.05, 0) is 42.3 Å². The molecule has 0 saturated carbocycles. The molecule has 7 heteroatoms. The normalized spacial score (nSPS) is 11.4. The smallest absolute Gasteiger partial charge is 0.266 e. The molecule has 4 rings (SSSR count). The van der Waals surface area contributed by atoms with Crippen LogP contribution in [0.4, 0.5) is 0 Å². The molecule has 0 saturated heterocycles. The molecule has 3 aromatic carbocycles. The van der Waals surface area contributed by atoms with E-state index < -0.39 is 0 Å². The van der Waals surface area contributed by atoms with Crippen LogP contribution in [0.3, 0.4) is 0 Å². The van der Waals surface area contributed by atoms with Crippen molar-refractivity contribution in [3.8, 4) is 5.69 Å². The van der Waals surface area contributed by atoms with Crippen LogP contribution in [-0.4, -0.2) is 27.4 Å². The Hall–Kier alpha value is -3.97. The van der Waals surface area contributed by atoms with Crippen LogP contribution in [0.2, 0.25) is 0 Å². The second kappa shape index (κ2) is 10.6. The zero-order valence-corrected chi connectivity index (χ0v) is 18.8. The van der Waals surface area contributed by atoms with Crippen LogP contribution in [-0.2, 0) is 4.79 Å². The van der Waals surface area contributed by atoms with Crippen molar-refractivity contribution in [2.45, 2.75) is 12.1 Å². The lowest BCUT2D eigenvalue weighted by Crippen LogP contribution is -2.24. The van der Waals surface area contributed by atoms with Gasteiger partial charge in [0.25, 0.3) is 11.5 Å². The Balaban J connectivity index is 1.51. The summed E-state index contributed by atoms with van der Waals surface area (Å²) >= 11 is 1.20. The molecule has 164 valence electrons. The Morgan fingerprint density at radius 2 is 1.76 bits per heavy atom. The molecule has 0 fully saturated rings. The Labute approximate surface area is 195 Å². The molecule has 6 nitrogen and oxygen atoms in total. The summed E-state index contributed by atoms with van der Waals surface area (Å²) in [5, 5.41) is 4.93. The van der Waals surface area contributed by atoms with E-state index >= 15 is 0 Å². The van der Waals surface area contributed by atoms with Crippen molar-refractivity contribution in [2.75, 3.05) is 5.75 Å². The number of benzene rings is 3. The van der Waals surface area contributed by atoms with Crippen molar-refractivity contribution in [1.29, 1.82) is 0 Å². The molecule has 0 atom stereocenters. The van der Waals surface area contributed by atoms with Crippen molar-refractivity contribution in [3.05, 3.63) is 106 Å². The molecule has 33 heavy (non-hydrogen) atoms. The molecule has 0 unspecified atom stereocenters. The number of thioether (sulfide) groups is 1. The highest BCUT2D eigenvalue weighted by Crippen LogP contribution is 2.22. The number of aromatic nitrogens is 2. The fourth-order valence-corrected chi connectivity index (χ4v) is 4.07. The van der Waals surface area contributed by atoms with E-state index in [1.54, 1.807) is 22.8 Å². The first-order chi connectivity index (χ1) is 16.1. The quantitative estimate of drug-likeness (QED) is 0.192. The summed E-state index contributed by atoms with van der Waals surface area (Å²) < 4.78 is 1.57. The van der Waals surface area contributed by atoms with Crippen LogP contribution in [0.1, 0.15) is 11.1 Å². The number of nitrogens with zero attached hydrogens (tertiary/aromatic N) is 3. The second-order valence-corrected chi connectivity index (χ2v) is 8.15. The molecule has 4 aromatic rings. The molecule has 1 aromatic heterocycles. The van der Waals surface area contributed by atoms with Crippen LogP contribution in [0.15, 0.2) is 100.0 Å². The number of amides is 1. The van der Waals surface area contributed by atoms with Crippen LogP contribution >= 0.6 is 11.8 Å². The minimum atomic E-state index is -0.289. The molecule has 1 amide bonds. The lowest BCUT2D eigenvalue weighted by Gasteiger charge is -2.14. The number of carbonyl (C=O) groups excluding carboxylic acids is 1. The average molecular weight is 455 g/mol. The van der Waals surface area contributed by atoms with Crippen LogP contribution in [0.5, 0.6) is 0 Å². The largest absolute Gasteiger partial charge is 0.272 e. The number of hydrazone groups is 1. The van der Waals surface area contributed by atoms with E-state index in [-0.39, 0.29) is 17.2 Å². The highest BCUT2D eigenvalue weighted by Gasteiger charge is 2.15. The van der Waals surface area contributed by atoms with Crippen molar-refractivity contribution >= 4 is 40.9 Å². The third kappa shape index (κ3) is 5.45. The van der Waals surface area contributed by atoms with E-state index in [4.69, 9.17) is 0 Å². The van der Waals surface area contributed by atoms with E-state index in [2.05, 4.69) is 15.5 Å². The summed E-state index contributed by atoms with van der Waals surface area (Å²) in [7, 11) is 0. The number of hydrogen-bond donors (Lipinski definition) is 1. The van der Waals surface area contributed by atoms with Gasteiger partial charge in [-0.1, -0.05) is 78.5 Å². The van der Waals surface area contributed by atoms with Crippen LogP contribution in [0, 0.1) is 6.92 Å². The fourth-order valence-electron chi connectivity index (χ4n) is 3.27. The minimum absolute atomic E-state index is 0.0659. The summed E-state index contributed by atoms with van der Waals surface area (Å²) in [4.78, 5) is 30.3. The molecular formula is C26H22N4O2S. The van der Waals surface area contributed by atoms with Gasteiger partial charge in [-0.2, -0.15) is 5.10 Å². The maximum absolute atomic E-state index is 13.3. The monoisotopic (exact) mass is 454 g/mol. The number of nitrogens with one attached hydrogen (secondary N) is 1. The van der Waals surface area contributed by atoms with E-state index in [9.17, 15) is 9.59 Å².